The van der Waals surface area contributed by atoms with Gasteiger partial charge in [-0.25, -0.2) is 8.42 Å². The molecule has 0 bridgehead atoms. The summed E-state index contributed by atoms with van der Waals surface area (Å²) in [6.07, 6.45) is 0.707. The molecule has 9 heavy (non-hydrogen) atoms. The molecule has 1 aliphatic carbocycles. The Kier molecular flexibility index (Phi) is 1.34. The molecule has 0 spiro atoms. The molecule has 0 aromatic rings. The van der Waals surface area contributed by atoms with Gasteiger partial charge in [0, 0.05) is 10.7 Å². The van der Waals surface area contributed by atoms with E-state index in [1.165, 1.54) is 0 Å². The second-order valence-corrected chi connectivity index (χ2v) is 5.97. The Morgan fingerprint density at radius 1 is 1.56 bits per heavy atom. The van der Waals surface area contributed by atoms with Gasteiger partial charge in [-0.15, -0.1) is 0 Å². The monoisotopic (exact) mass is 168 g/mol. The van der Waals surface area contributed by atoms with Crippen LogP contribution < -0.4 is 0 Å². The van der Waals surface area contributed by atoms with Crippen molar-refractivity contribution in [1.29, 1.82) is 0 Å². The maximum atomic E-state index is 10.6. The average molecular weight is 169 g/mol. The summed E-state index contributed by atoms with van der Waals surface area (Å²) in [5.41, 5.74) is -0.0689. The molecule has 54 valence electrons. The summed E-state index contributed by atoms with van der Waals surface area (Å²) in [4.78, 5) is 0. The van der Waals surface area contributed by atoms with Crippen LogP contribution >= 0.6 is 10.7 Å². The fourth-order valence-corrected chi connectivity index (χ4v) is 3.20. The van der Waals surface area contributed by atoms with E-state index in [0.29, 0.717) is 6.42 Å². The Morgan fingerprint density at radius 3 is 1.89 bits per heavy atom. The summed E-state index contributed by atoms with van der Waals surface area (Å²) >= 11 is 0. The minimum absolute atomic E-state index is 0.0689. The highest BCUT2D eigenvalue weighted by atomic mass is 35.7. The van der Waals surface area contributed by atoms with Crippen LogP contribution in [-0.4, -0.2) is 13.7 Å². The second-order valence-electron chi connectivity index (χ2n) is 3.16. The highest BCUT2D eigenvalue weighted by Gasteiger charge is 2.53. The normalized spacial score (nSPS) is 32.1. The quantitative estimate of drug-likeness (QED) is 0.554. The average Bonchev–Trinajstić information content (AvgIpc) is 2.10. The predicted molar refractivity (Wildman–Crippen MR) is 37.0 cm³/mol. The highest BCUT2D eigenvalue weighted by Crippen LogP contribution is 2.50. The lowest BCUT2D eigenvalue weighted by Crippen LogP contribution is -2.03. The Labute approximate surface area is 59.6 Å². The van der Waals surface area contributed by atoms with Crippen molar-refractivity contribution in [2.75, 3.05) is 0 Å². The summed E-state index contributed by atoms with van der Waals surface area (Å²) in [5, 5.41) is -0.299. The van der Waals surface area contributed by atoms with Crippen molar-refractivity contribution in [3.63, 3.8) is 0 Å². The lowest BCUT2D eigenvalue weighted by Gasteiger charge is -1.96. The van der Waals surface area contributed by atoms with Gasteiger partial charge in [0.2, 0.25) is 9.05 Å². The number of hydrogen-bond acceptors (Lipinski definition) is 2. The second kappa shape index (κ2) is 1.64. The van der Waals surface area contributed by atoms with Crippen LogP contribution in [-0.2, 0) is 9.05 Å². The molecule has 1 rings (SSSR count). The summed E-state index contributed by atoms with van der Waals surface area (Å²) in [6, 6.07) is 0. The van der Waals surface area contributed by atoms with E-state index in [2.05, 4.69) is 0 Å². The van der Waals surface area contributed by atoms with Crippen molar-refractivity contribution in [2.45, 2.75) is 25.5 Å². The maximum absolute atomic E-state index is 10.6. The molecule has 0 amide bonds. The Hall–Kier alpha value is 0.240. The summed E-state index contributed by atoms with van der Waals surface area (Å²) in [6.45, 7) is 3.80. The molecular weight excluding hydrogens is 160 g/mol. The molecule has 0 heterocycles. The van der Waals surface area contributed by atoms with Crippen LogP contribution in [0.25, 0.3) is 0 Å². The molecule has 0 radical (unpaired) electrons. The summed E-state index contributed by atoms with van der Waals surface area (Å²) in [7, 11) is 1.82. The van der Waals surface area contributed by atoms with Crippen LogP contribution in [0.15, 0.2) is 0 Å². The molecule has 2 nitrogen and oxygen atoms in total. The van der Waals surface area contributed by atoms with E-state index in [0.717, 1.165) is 0 Å². The molecule has 0 aliphatic heterocycles. The van der Waals surface area contributed by atoms with Crippen LogP contribution in [0.2, 0.25) is 0 Å². The Bertz CT molecular complexity index is 217. The number of hydrogen-bond donors (Lipinski definition) is 0. The maximum Gasteiger partial charge on any atom is 0.236 e. The van der Waals surface area contributed by atoms with Gasteiger partial charge in [0.1, 0.15) is 0 Å². The summed E-state index contributed by atoms with van der Waals surface area (Å²) in [5.74, 6) is 0. The number of halogens is 1. The van der Waals surface area contributed by atoms with Gasteiger partial charge in [-0.05, 0) is 11.8 Å². The van der Waals surface area contributed by atoms with Gasteiger partial charge < -0.3 is 0 Å². The predicted octanol–water partition coefficient (Wildman–Crippen LogP) is 1.35. The van der Waals surface area contributed by atoms with Crippen molar-refractivity contribution >= 4 is 19.7 Å². The smallest absolute Gasteiger partial charge is 0.212 e. The molecule has 1 saturated carbocycles. The topological polar surface area (TPSA) is 34.1 Å². The standard InChI is InChI=1S/C5H9ClO2S/c1-5(2)3-4(5)9(6,7)8/h4H,3H2,1-2H3. The van der Waals surface area contributed by atoms with Crippen LogP contribution in [0, 0.1) is 5.41 Å². The van der Waals surface area contributed by atoms with E-state index in [1.54, 1.807) is 0 Å². The Morgan fingerprint density at radius 2 is 1.89 bits per heavy atom. The van der Waals surface area contributed by atoms with Crippen molar-refractivity contribution in [3.8, 4) is 0 Å². The first kappa shape index (κ1) is 7.35. The van der Waals surface area contributed by atoms with E-state index >= 15 is 0 Å². The lowest BCUT2D eigenvalue weighted by atomic mass is 10.2. The Balaban J connectivity index is 2.75. The fourth-order valence-electron chi connectivity index (χ4n) is 0.900. The third kappa shape index (κ3) is 1.38. The third-order valence-corrected chi connectivity index (χ3v) is 3.89. The zero-order chi connectivity index (χ0) is 7.28. The van der Waals surface area contributed by atoms with Crippen molar-refractivity contribution in [2.24, 2.45) is 5.41 Å². The first-order valence-corrected chi connectivity index (χ1v) is 5.15. The van der Waals surface area contributed by atoms with Crippen LogP contribution in [0.5, 0.6) is 0 Å². The molecule has 0 saturated heterocycles. The van der Waals surface area contributed by atoms with E-state index in [1.807, 2.05) is 13.8 Å². The zero-order valence-electron chi connectivity index (χ0n) is 5.39. The van der Waals surface area contributed by atoms with Gasteiger partial charge in [-0.1, -0.05) is 13.8 Å². The molecule has 0 N–H and O–H groups in total. The van der Waals surface area contributed by atoms with Gasteiger partial charge in [0.05, 0.1) is 5.25 Å². The van der Waals surface area contributed by atoms with E-state index in [-0.39, 0.29) is 10.7 Å². The van der Waals surface area contributed by atoms with E-state index < -0.39 is 9.05 Å². The van der Waals surface area contributed by atoms with Crippen molar-refractivity contribution in [3.05, 3.63) is 0 Å². The fraction of sp³-hybridized carbons (Fsp3) is 1.00. The van der Waals surface area contributed by atoms with Crippen LogP contribution in [0.1, 0.15) is 20.3 Å². The minimum Gasteiger partial charge on any atom is -0.212 e. The van der Waals surface area contributed by atoms with E-state index in [9.17, 15) is 8.42 Å². The molecule has 4 heteroatoms. The molecule has 1 aliphatic rings. The SMILES string of the molecule is CC1(C)CC1S(=O)(=O)Cl. The van der Waals surface area contributed by atoms with Gasteiger partial charge in [0.15, 0.2) is 0 Å². The van der Waals surface area contributed by atoms with E-state index in [4.69, 9.17) is 10.7 Å². The molecule has 0 aromatic carbocycles. The van der Waals surface area contributed by atoms with Gasteiger partial charge in [-0.2, -0.15) is 0 Å². The van der Waals surface area contributed by atoms with Gasteiger partial charge >= 0.3 is 0 Å². The highest BCUT2D eigenvalue weighted by molar-refractivity contribution is 8.14. The van der Waals surface area contributed by atoms with Gasteiger partial charge in [-0.3, -0.25) is 0 Å². The lowest BCUT2D eigenvalue weighted by molar-refractivity contribution is 0.591. The first-order chi connectivity index (χ1) is 3.84. The van der Waals surface area contributed by atoms with Crippen LogP contribution in [0.3, 0.4) is 0 Å². The molecule has 1 unspecified atom stereocenters. The van der Waals surface area contributed by atoms with Crippen molar-refractivity contribution in [1.82, 2.24) is 0 Å². The summed E-state index contributed by atoms with van der Waals surface area (Å²) < 4.78 is 21.1. The number of rotatable bonds is 1. The zero-order valence-corrected chi connectivity index (χ0v) is 6.96. The van der Waals surface area contributed by atoms with Crippen LogP contribution in [0.4, 0.5) is 0 Å². The van der Waals surface area contributed by atoms with Crippen molar-refractivity contribution < 1.29 is 8.42 Å². The first-order valence-electron chi connectivity index (χ1n) is 2.77. The minimum atomic E-state index is -3.27. The van der Waals surface area contributed by atoms with Gasteiger partial charge in [0.25, 0.3) is 0 Å². The molecule has 0 aromatic heterocycles. The molecular formula is C5H9ClO2S. The molecule has 1 atom stereocenters. The molecule has 1 fully saturated rings. The third-order valence-electron chi connectivity index (χ3n) is 1.76. The largest absolute Gasteiger partial charge is 0.236 e.